The third-order valence-electron chi connectivity index (χ3n) is 4.28. The summed E-state index contributed by atoms with van der Waals surface area (Å²) in [5, 5.41) is 0. The first-order chi connectivity index (χ1) is 12.9. The van der Waals surface area contributed by atoms with Gasteiger partial charge in [0.1, 0.15) is 0 Å². The van der Waals surface area contributed by atoms with Crippen LogP contribution in [0.3, 0.4) is 0 Å². The lowest BCUT2D eigenvalue weighted by Crippen LogP contribution is -2.43. The molecule has 0 atom stereocenters. The summed E-state index contributed by atoms with van der Waals surface area (Å²) in [4.78, 5) is 38.0. The maximum absolute atomic E-state index is 12.8. The fourth-order valence-electron chi connectivity index (χ4n) is 2.68. The summed E-state index contributed by atoms with van der Waals surface area (Å²) in [5.41, 5.74) is 5.48. The fraction of sp³-hybridized carbons (Fsp3) is 0.286. The van der Waals surface area contributed by atoms with E-state index in [1.807, 2.05) is 0 Å². The first-order valence-corrected chi connectivity index (χ1v) is 8.70. The lowest BCUT2D eigenvalue weighted by Gasteiger charge is -2.26. The SMILES string of the molecule is CCOC(=O)C(C)(C(=O)OCC)c1ccc(N)c(C(=O)c2ccccc2)c1. The molecule has 0 aliphatic heterocycles. The van der Waals surface area contributed by atoms with Gasteiger partial charge in [-0.25, -0.2) is 0 Å². The van der Waals surface area contributed by atoms with Gasteiger partial charge in [-0.1, -0.05) is 36.4 Å². The van der Waals surface area contributed by atoms with E-state index in [9.17, 15) is 14.4 Å². The molecule has 2 rings (SSSR count). The van der Waals surface area contributed by atoms with Crippen LogP contribution in [0.4, 0.5) is 5.69 Å². The van der Waals surface area contributed by atoms with Gasteiger partial charge in [0.05, 0.1) is 13.2 Å². The van der Waals surface area contributed by atoms with E-state index in [1.54, 1.807) is 44.2 Å². The number of benzene rings is 2. The minimum absolute atomic E-state index is 0.110. The number of ether oxygens (including phenoxy) is 2. The molecule has 2 aromatic rings. The first-order valence-electron chi connectivity index (χ1n) is 8.70. The largest absolute Gasteiger partial charge is 0.465 e. The molecule has 27 heavy (non-hydrogen) atoms. The van der Waals surface area contributed by atoms with Crippen molar-refractivity contribution in [3.63, 3.8) is 0 Å². The number of ketones is 1. The molecule has 6 heteroatoms. The number of carbonyl (C=O) groups is 3. The summed E-state index contributed by atoms with van der Waals surface area (Å²) in [7, 11) is 0. The summed E-state index contributed by atoms with van der Waals surface area (Å²) in [6.45, 7) is 4.94. The van der Waals surface area contributed by atoms with Crippen LogP contribution < -0.4 is 5.73 Å². The van der Waals surface area contributed by atoms with Gasteiger partial charge in [-0.05, 0) is 38.5 Å². The second kappa shape index (κ2) is 8.49. The maximum Gasteiger partial charge on any atom is 0.327 e. The number of carbonyl (C=O) groups excluding carboxylic acids is 3. The van der Waals surface area contributed by atoms with Crippen LogP contribution in [-0.2, 0) is 24.5 Å². The Morgan fingerprint density at radius 3 is 2.00 bits per heavy atom. The van der Waals surface area contributed by atoms with E-state index in [0.717, 1.165) is 0 Å². The third-order valence-corrected chi connectivity index (χ3v) is 4.28. The van der Waals surface area contributed by atoms with Gasteiger partial charge in [0, 0.05) is 16.8 Å². The Morgan fingerprint density at radius 1 is 0.926 bits per heavy atom. The van der Waals surface area contributed by atoms with Crippen molar-refractivity contribution in [2.75, 3.05) is 18.9 Å². The number of anilines is 1. The standard InChI is InChI=1S/C21H23NO5/c1-4-26-19(24)21(3,20(25)27-5-2)15-11-12-17(22)16(13-15)18(23)14-9-7-6-8-10-14/h6-13H,4-5,22H2,1-3H3. The normalized spacial score (nSPS) is 10.9. The fourth-order valence-corrected chi connectivity index (χ4v) is 2.68. The lowest BCUT2D eigenvalue weighted by molar-refractivity contribution is -0.163. The minimum Gasteiger partial charge on any atom is -0.465 e. The van der Waals surface area contributed by atoms with Crippen molar-refractivity contribution in [2.24, 2.45) is 0 Å². The van der Waals surface area contributed by atoms with Gasteiger partial charge < -0.3 is 15.2 Å². The molecule has 0 fully saturated rings. The molecule has 0 bridgehead atoms. The summed E-state index contributed by atoms with van der Waals surface area (Å²) < 4.78 is 10.2. The Balaban J connectivity index is 2.56. The molecule has 0 aliphatic carbocycles. The second-order valence-electron chi connectivity index (χ2n) is 6.06. The van der Waals surface area contributed by atoms with E-state index >= 15 is 0 Å². The van der Waals surface area contributed by atoms with E-state index in [0.29, 0.717) is 5.56 Å². The van der Waals surface area contributed by atoms with E-state index in [2.05, 4.69) is 0 Å². The van der Waals surface area contributed by atoms with Crippen molar-refractivity contribution in [3.8, 4) is 0 Å². The van der Waals surface area contributed by atoms with Gasteiger partial charge in [0.15, 0.2) is 11.2 Å². The number of nitrogen functional groups attached to an aromatic ring is 1. The number of nitrogens with two attached hydrogens (primary N) is 1. The first kappa shape index (κ1) is 20.2. The average molecular weight is 369 g/mol. The molecule has 0 aliphatic rings. The monoisotopic (exact) mass is 369 g/mol. The lowest BCUT2D eigenvalue weighted by atomic mass is 9.81. The molecule has 0 unspecified atom stereocenters. The number of hydrogen-bond donors (Lipinski definition) is 1. The highest BCUT2D eigenvalue weighted by Crippen LogP contribution is 2.31. The summed E-state index contributed by atoms with van der Waals surface area (Å²) in [5.74, 6) is -1.79. The highest BCUT2D eigenvalue weighted by atomic mass is 16.6. The molecule has 0 radical (unpaired) electrons. The van der Waals surface area contributed by atoms with Crippen LogP contribution in [0.2, 0.25) is 0 Å². The molecule has 142 valence electrons. The Bertz CT molecular complexity index is 827. The quantitative estimate of drug-likeness (QED) is 0.349. The highest BCUT2D eigenvalue weighted by molar-refractivity contribution is 6.13. The molecule has 0 heterocycles. The molecule has 2 aromatic carbocycles. The van der Waals surface area contributed by atoms with Crippen LogP contribution in [-0.4, -0.2) is 30.9 Å². The smallest absolute Gasteiger partial charge is 0.327 e. The van der Waals surface area contributed by atoms with Gasteiger partial charge in [0.25, 0.3) is 0 Å². The number of rotatable bonds is 7. The average Bonchev–Trinajstić information content (AvgIpc) is 2.68. The molecular formula is C21H23NO5. The second-order valence-corrected chi connectivity index (χ2v) is 6.06. The summed E-state index contributed by atoms with van der Waals surface area (Å²) in [6.07, 6.45) is 0. The van der Waals surface area contributed by atoms with Crippen LogP contribution >= 0.6 is 0 Å². The van der Waals surface area contributed by atoms with E-state index in [4.69, 9.17) is 15.2 Å². The molecule has 2 N–H and O–H groups in total. The Hall–Kier alpha value is -3.15. The summed E-state index contributed by atoms with van der Waals surface area (Å²) in [6, 6.07) is 13.1. The Morgan fingerprint density at radius 2 is 1.48 bits per heavy atom. The minimum atomic E-state index is -1.70. The molecule has 0 aromatic heterocycles. The van der Waals surface area contributed by atoms with Gasteiger partial charge in [-0.15, -0.1) is 0 Å². The molecular weight excluding hydrogens is 346 g/mol. The Kier molecular flexibility index (Phi) is 6.34. The number of hydrogen-bond acceptors (Lipinski definition) is 6. The van der Waals surface area contributed by atoms with E-state index in [-0.39, 0.29) is 35.8 Å². The van der Waals surface area contributed by atoms with Crippen LogP contribution in [0.15, 0.2) is 48.5 Å². The zero-order valence-corrected chi connectivity index (χ0v) is 15.7. The van der Waals surface area contributed by atoms with Crippen molar-refractivity contribution in [3.05, 3.63) is 65.2 Å². The predicted octanol–water partition coefficient (Wildman–Crippen LogP) is 2.88. The van der Waals surface area contributed by atoms with Crippen molar-refractivity contribution in [1.82, 2.24) is 0 Å². The molecule has 0 spiro atoms. The maximum atomic E-state index is 12.8. The topological polar surface area (TPSA) is 95.7 Å². The van der Waals surface area contributed by atoms with E-state index < -0.39 is 17.4 Å². The van der Waals surface area contributed by atoms with Crippen molar-refractivity contribution < 1.29 is 23.9 Å². The third kappa shape index (κ3) is 4.00. The van der Waals surface area contributed by atoms with Gasteiger partial charge in [-0.2, -0.15) is 0 Å². The zero-order valence-electron chi connectivity index (χ0n) is 15.7. The van der Waals surface area contributed by atoms with Crippen LogP contribution in [0.25, 0.3) is 0 Å². The summed E-state index contributed by atoms with van der Waals surface area (Å²) >= 11 is 0. The van der Waals surface area contributed by atoms with Crippen LogP contribution in [0, 0.1) is 0 Å². The van der Waals surface area contributed by atoms with Crippen molar-refractivity contribution in [1.29, 1.82) is 0 Å². The van der Waals surface area contributed by atoms with Crippen LogP contribution in [0.5, 0.6) is 0 Å². The van der Waals surface area contributed by atoms with Gasteiger partial charge in [-0.3, -0.25) is 14.4 Å². The predicted molar refractivity (Wildman–Crippen MR) is 101 cm³/mol. The zero-order chi connectivity index (χ0) is 20.0. The molecule has 0 saturated carbocycles. The highest BCUT2D eigenvalue weighted by Gasteiger charge is 2.46. The van der Waals surface area contributed by atoms with Crippen LogP contribution in [0.1, 0.15) is 42.3 Å². The molecule has 0 saturated heterocycles. The number of esters is 2. The Labute approximate surface area is 158 Å². The molecule has 0 amide bonds. The van der Waals surface area contributed by atoms with Crippen molar-refractivity contribution in [2.45, 2.75) is 26.2 Å². The van der Waals surface area contributed by atoms with E-state index in [1.165, 1.54) is 25.1 Å². The van der Waals surface area contributed by atoms with Gasteiger partial charge in [0.2, 0.25) is 0 Å². The molecule has 6 nitrogen and oxygen atoms in total. The van der Waals surface area contributed by atoms with Gasteiger partial charge >= 0.3 is 11.9 Å². The van der Waals surface area contributed by atoms with Crippen molar-refractivity contribution >= 4 is 23.4 Å².